The molecule has 1 saturated heterocycles. The monoisotopic (exact) mass is 582 g/mol. The van der Waals surface area contributed by atoms with E-state index in [2.05, 4.69) is 16.4 Å². The third kappa shape index (κ3) is 6.45. The van der Waals surface area contributed by atoms with Gasteiger partial charge in [0.25, 0.3) is 0 Å². The predicted octanol–water partition coefficient (Wildman–Crippen LogP) is 8.76. The van der Waals surface area contributed by atoms with Gasteiger partial charge in [-0.15, -0.1) is 0 Å². The Bertz CT molecular complexity index is 1300. The first-order valence-corrected chi connectivity index (χ1v) is 11.8. The Labute approximate surface area is 221 Å². The molecular weight excluding hydrogens is 562 g/mol. The van der Waals surface area contributed by atoms with E-state index in [4.69, 9.17) is 4.74 Å². The molecule has 0 radical (unpaired) electrons. The van der Waals surface area contributed by atoms with Gasteiger partial charge in [-0.2, -0.15) is 26.3 Å². The van der Waals surface area contributed by atoms with Crippen LogP contribution in [0.25, 0.3) is 11.1 Å². The zero-order valence-corrected chi connectivity index (χ0v) is 20.5. The van der Waals surface area contributed by atoms with Crippen molar-refractivity contribution in [2.24, 2.45) is 5.92 Å². The summed E-state index contributed by atoms with van der Waals surface area (Å²) in [7, 11) is 0. The Hall–Kier alpha value is -3.48. The molecule has 0 bridgehead atoms. The lowest BCUT2D eigenvalue weighted by molar-refractivity contribution is -0.237. The fourth-order valence-corrected chi connectivity index (χ4v) is 4.13. The van der Waals surface area contributed by atoms with E-state index >= 15 is 0 Å². The SMILES string of the molecule is CC1CCC(c2ccc(-c3cc(F)c(C(F)(F)Oc4cc(F)c(OC(F)C(F)(F)F)c(F)c4)c(F)c3)cc2)OC1. The zero-order chi connectivity index (χ0) is 29.4. The van der Waals surface area contributed by atoms with Gasteiger partial charge in [-0.1, -0.05) is 31.2 Å². The number of hydrogen-bond donors (Lipinski definition) is 0. The van der Waals surface area contributed by atoms with E-state index in [1.807, 2.05) is 0 Å². The van der Waals surface area contributed by atoms with Gasteiger partial charge in [-0.05, 0) is 47.6 Å². The average Bonchev–Trinajstić information content (AvgIpc) is 2.85. The molecule has 13 heteroatoms. The Kier molecular flexibility index (Phi) is 8.25. The van der Waals surface area contributed by atoms with Gasteiger partial charge in [-0.3, -0.25) is 0 Å². The lowest BCUT2D eigenvalue weighted by atomic mass is 9.94. The summed E-state index contributed by atoms with van der Waals surface area (Å²) in [6.07, 6.45) is -13.0. The third-order valence-electron chi connectivity index (χ3n) is 6.15. The molecule has 0 N–H and O–H groups in total. The molecule has 0 spiro atoms. The van der Waals surface area contributed by atoms with Crippen molar-refractivity contribution < 1.29 is 58.1 Å². The van der Waals surface area contributed by atoms with Crippen molar-refractivity contribution in [2.45, 2.75) is 44.5 Å². The average molecular weight is 582 g/mol. The maximum Gasteiger partial charge on any atom is 0.457 e. The molecule has 216 valence electrons. The van der Waals surface area contributed by atoms with Crippen LogP contribution in [0, 0.1) is 29.2 Å². The summed E-state index contributed by atoms with van der Waals surface area (Å²) in [5, 5.41) is 0. The molecule has 1 heterocycles. The second-order valence-electron chi connectivity index (χ2n) is 9.25. The molecule has 0 aromatic heterocycles. The predicted molar refractivity (Wildman–Crippen MR) is 121 cm³/mol. The van der Waals surface area contributed by atoms with E-state index in [0.717, 1.165) is 18.4 Å². The fourth-order valence-electron chi connectivity index (χ4n) is 4.13. The Morgan fingerprint density at radius 2 is 1.38 bits per heavy atom. The molecule has 3 unspecified atom stereocenters. The van der Waals surface area contributed by atoms with Gasteiger partial charge in [0, 0.05) is 18.7 Å². The third-order valence-corrected chi connectivity index (χ3v) is 6.15. The number of benzene rings is 3. The van der Waals surface area contributed by atoms with Crippen molar-refractivity contribution in [2.75, 3.05) is 6.61 Å². The van der Waals surface area contributed by atoms with Crippen molar-refractivity contribution in [3.8, 4) is 22.6 Å². The zero-order valence-electron chi connectivity index (χ0n) is 20.5. The van der Waals surface area contributed by atoms with Crippen LogP contribution in [0.2, 0.25) is 0 Å². The van der Waals surface area contributed by atoms with Crippen LogP contribution in [0.15, 0.2) is 48.5 Å². The molecule has 1 aliphatic heterocycles. The number of halogens is 10. The second kappa shape index (κ2) is 11.2. The summed E-state index contributed by atoms with van der Waals surface area (Å²) < 4.78 is 150. The van der Waals surface area contributed by atoms with Crippen LogP contribution >= 0.6 is 0 Å². The molecule has 0 aliphatic carbocycles. The quantitative estimate of drug-likeness (QED) is 0.261. The lowest BCUT2D eigenvalue weighted by Crippen LogP contribution is -2.30. The summed E-state index contributed by atoms with van der Waals surface area (Å²) in [5.74, 6) is -10.4. The highest BCUT2D eigenvalue weighted by Crippen LogP contribution is 2.39. The van der Waals surface area contributed by atoms with Crippen molar-refractivity contribution in [1.29, 1.82) is 0 Å². The minimum absolute atomic E-state index is 0.0577. The Morgan fingerprint density at radius 3 is 1.88 bits per heavy atom. The van der Waals surface area contributed by atoms with Crippen LogP contribution in [-0.4, -0.2) is 19.1 Å². The van der Waals surface area contributed by atoms with Gasteiger partial charge in [-0.25, -0.2) is 17.6 Å². The Balaban J connectivity index is 1.54. The minimum Gasteiger partial charge on any atom is -0.446 e. The molecule has 3 aromatic rings. The molecule has 3 atom stereocenters. The minimum atomic E-state index is -5.63. The first-order valence-electron chi connectivity index (χ1n) is 11.8. The molecule has 0 amide bonds. The van der Waals surface area contributed by atoms with Crippen molar-refractivity contribution in [1.82, 2.24) is 0 Å². The molecular formula is C27H20F10O3. The van der Waals surface area contributed by atoms with Crippen LogP contribution in [0.4, 0.5) is 43.9 Å². The van der Waals surface area contributed by atoms with Crippen molar-refractivity contribution in [3.05, 3.63) is 82.9 Å². The van der Waals surface area contributed by atoms with Gasteiger partial charge in [0.1, 0.15) is 22.9 Å². The maximum atomic E-state index is 14.7. The highest BCUT2D eigenvalue weighted by Gasteiger charge is 2.44. The van der Waals surface area contributed by atoms with Gasteiger partial charge >= 0.3 is 18.6 Å². The normalized spacial score (nSPS) is 18.9. The van der Waals surface area contributed by atoms with E-state index in [1.54, 1.807) is 12.1 Å². The standard InChI is InChI=1S/C27H20F10O3/c1-13-2-7-22(38-12-13)15-5-3-14(4-6-15)16-8-18(28)23(19(29)9-16)27(36,37)40-17-10-20(30)24(21(31)11-17)39-25(32)26(33,34)35/h3-6,8-11,13,22,25H,2,7,12H2,1H3. The molecule has 40 heavy (non-hydrogen) atoms. The summed E-state index contributed by atoms with van der Waals surface area (Å²) in [5.41, 5.74) is -0.848. The lowest BCUT2D eigenvalue weighted by Gasteiger charge is -2.27. The number of ether oxygens (including phenoxy) is 3. The van der Waals surface area contributed by atoms with E-state index in [-0.39, 0.29) is 23.8 Å². The van der Waals surface area contributed by atoms with Crippen LogP contribution in [0.5, 0.6) is 11.5 Å². The fraction of sp³-hybridized carbons (Fsp3) is 0.333. The largest absolute Gasteiger partial charge is 0.457 e. The Morgan fingerprint density at radius 1 is 0.800 bits per heavy atom. The first-order chi connectivity index (χ1) is 18.7. The number of rotatable bonds is 7. The van der Waals surface area contributed by atoms with Crippen molar-refractivity contribution in [3.63, 3.8) is 0 Å². The first kappa shape index (κ1) is 29.5. The topological polar surface area (TPSA) is 27.7 Å². The molecule has 0 saturated carbocycles. The van der Waals surface area contributed by atoms with Crippen molar-refractivity contribution >= 4 is 0 Å². The van der Waals surface area contributed by atoms with Gasteiger partial charge < -0.3 is 14.2 Å². The van der Waals surface area contributed by atoms with Gasteiger partial charge in [0.15, 0.2) is 17.4 Å². The van der Waals surface area contributed by atoms with Crippen LogP contribution in [0.3, 0.4) is 0 Å². The summed E-state index contributed by atoms with van der Waals surface area (Å²) >= 11 is 0. The van der Waals surface area contributed by atoms with Crippen LogP contribution < -0.4 is 9.47 Å². The molecule has 3 nitrogen and oxygen atoms in total. The van der Waals surface area contributed by atoms with Gasteiger partial charge in [0.2, 0.25) is 0 Å². The number of hydrogen-bond acceptors (Lipinski definition) is 3. The van der Waals surface area contributed by atoms with E-state index < -0.39 is 59.0 Å². The molecule has 1 fully saturated rings. The summed E-state index contributed by atoms with van der Waals surface area (Å²) in [4.78, 5) is 0. The van der Waals surface area contributed by atoms with E-state index in [9.17, 15) is 43.9 Å². The highest BCUT2D eigenvalue weighted by molar-refractivity contribution is 5.64. The summed E-state index contributed by atoms with van der Waals surface area (Å²) in [6.45, 7) is 2.65. The summed E-state index contributed by atoms with van der Waals surface area (Å²) in [6, 6.07) is 7.56. The van der Waals surface area contributed by atoms with Crippen LogP contribution in [-0.2, 0) is 10.8 Å². The molecule has 3 aromatic carbocycles. The molecule has 1 aliphatic rings. The second-order valence-corrected chi connectivity index (χ2v) is 9.25. The van der Waals surface area contributed by atoms with E-state index in [0.29, 0.717) is 30.2 Å². The van der Waals surface area contributed by atoms with Crippen LogP contribution in [0.1, 0.15) is 37.0 Å². The van der Waals surface area contributed by atoms with E-state index in [1.165, 1.54) is 12.1 Å². The molecule has 4 rings (SSSR count). The highest BCUT2D eigenvalue weighted by atomic mass is 19.4. The van der Waals surface area contributed by atoms with Gasteiger partial charge in [0.05, 0.1) is 6.10 Å². The maximum absolute atomic E-state index is 14.7. The number of alkyl halides is 6. The smallest absolute Gasteiger partial charge is 0.446 e.